The number of ether oxygens (including phenoxy) is 1. The van der Waals surface area contributed by atoms with Gasteiger partial charge in [-0.1, -0.05) is 13.3 Å². The number of hydrogen-bond donors (Lipinski definition) is 1. The molecule has 0 aromatic heterocycles. The Bertz CT molecular complexity index is 307. The first-order valence-electron chi connectivity index (χ1n) is 7.26. The molecule has 1 N–H and O–H groups in total. The Morgan fingerprint density at radius 1 is 1.44 bits per heavy atom. The summed E-state index contributed by atoms with van der Waals surface area (Å²) in [6.07, 6.45) is 4.73. The summed E-state index contributed by atoms with van der Waals surface area (Å²) in [6.45, 7) is 6.14. The minimum atomic E-state index is -0.874. The molecule has 2 aliphatic rings. The Labute approximate surface area is 109 Å². The summed E-state index contributed by atoms with van der Waals surface area (Å²) in [5.41, 5.74) is -0.874. The Morgan fingerprint density at radius 2 is 2.22 bits per heavy atom. The number of fused-ring (bicyclic) bond motifs is 1. The molecule has 2 heterocycles. The summed E-state index contributed by atoms with van der Waals surface area (Å²) in [6, 6.07) is 0.153. The van der Waals surface area contributed by atoms with Crippen LogP contribution < -0.4 is 0 Å². The molecule has 0 spiro atoms. The molecule has 3 unspecified atom stereocenters. The molecule has 0 aliphatic carbocycles. The maximum Gasteiger partial charge on any atom is 0.311 e. The smallest absolute Gasteiger partial charge is 0.311 e. The highest BCUT2D eigenvalue weighted by atomic mass is 16.5. The van der Waals surface area contributed by atoms with Crippen LogP contribution in [-0.4, -0.2) is 47.3 Å². The third-order valence-electron chi connectivity index (χ3n) is 4.57. The summed E-state index contributed by atoms with van der Waals surface area (Å²) in [5, 5.41) is 11.0. The summed E-state index contributed by atoms with van der Waals surface area (Å²) in [7, 11) is 0. The molecule has 104 valence electrons. The van der Waals surface area contributed by atoms with Crippen LogP contribution in [0, 0.1) is 5.92 Å². The minimum Gasteiger partial charge on any atom is -0.466 e. The first kappa shape index (κ1) is 13.8. The van der Waals surface area contributed by atoms with Crippen molar-refractivity contribution >= 4 is 5.97 Å². The van der Waals surface area contributed by atoms with Gasteiger partial charge >= 0.3 is 5.97 Å². The number of carbonyl (C=O) groups excluding carboxylic acids is 1. The van der Waals surface area contributed by atoms with E-state index in [4.69, 9.17) is 4.74 Å². The third kappa shape index (κ3) is 2.28. The van der Waals surface area contributed by atoms with Crippen molar-refractivity contribution in [3.63, 3.8) is 0 Å². The zero-order valence-corrected chi connectivity index (χ0v) is 11.5. The number of rotatable bonds is 4. The Kier molecular flexibility index (Phi) is 4.28. The number of carbonyl (C=O) groups is 1. The molecule has 2 saturated heterocycles. The second kappa shape index (κ2) is 5.57. The number of aliphatic hydroxyl groups is 1. The molecule has 0 aromatic rings. The van der Waals surface area contributed by atoms with E-state index in [1.807, 2.05) is 13.8 Å². The van der Waals surface area contributed by atoms with E-state index in [2.05, 4.69) is 4.90 Å². The van der Waals surface area contributed by atoms with Gasteiger partial charge in [0.2, 0.25) is 0 Å². The molecule has 0 amide bonds. The summed E-state index contributed by atoms with van der Waals surface area (Å²) in [5.74, 6) is -0.597. The van der Waals surface area contributed by atoms with Crippen molar-refractivity contribution in [2.24, 2.45) is 5.92 Å². The van der Waals surface area contributed by atoms with Gasteiger partial charge in [0.1, 0.15) is 0 Å². The standard InChI is InChI=1S/C14H25NO3/c1-3-11(13(16)18-4-2)14(17)8-10-15-9-6-5-7-12(14)15/h11-12,17H,3-10H2,1-2H3. The molecule has 4 nitrogen and oxygen atoms in total. The van der Waals surface area contributed by atoms with Crippen LogP contribution in [0.1, 0.15) is 46.0 Å². The number of esters is 1. The van der Waals surface area contributed by atoms with Crippen molar-refractivity contribution in [2.45, 2.75) is 57.6 Å². The maximum absolute atomic E-state index is 12.0. The van der Waals surface area contributed by atoms with Crippen molar-refractivity contribution in [2.75, 3.05) is 19.7 Å². The Balaban J connectivity index is 2.15. The Morgan fingerprint density at radius 3 is 2.89 bits per heavy atom. The second-order valence-corrected chi connectivity index (χ2v) is 5.50. The van der Waals surface area contributed by atoms with Crippen LogP contribution in [0.5, 0.6) is 0 Å². The van der Waals surface area contributed by atoms with Gasteiger partial charge in [-0.3, -0.25) is 9.69 Å². The summed E-state index contributed by atoms with van der Waals surface area (Å²) < 4.78 is 5.13. The van der Waals surface area contributed by atoms with Gasteiger partial charge in [-0.05, 0) is 39.2 Å². The van der Waals surface area contributed by atoms with Crippen molar-refractivity contribution in [3.05, 3.63) is 0 Å². The monoisotopic (exact) mass is 255 g/mol. The normalized spacial score (nSPS) is 34.1. The van der Waals surface area contributed by atoms with E-state index in [1.54, 1.807) is 0 Å². The lowest BCUT2D eigenvalue weighted by atomic mass is 9.77. The van der Waals surface area contributed by atoms with E-state index < -0.39 is 5.60 Å². The molecular weight excluding hydrogens is 230 g/mol. The van der Waals surface area contributed by atoms with Crippen molar-refractivity contribution in [1.82, 2.24) is 4.90 Å². The topological polar surface area (TPSA) is 49.8 Å². The average molecular weight is 255 g/mol. The van der Waals surface area contributed by atoms with Crippen LogP contribution in [0.15, 0.2) is 0 Å². The molecule has 0 saturated carbocycles. The SMILES string of the molecule is CCOC(=O)C(CC)C1(O)CCN2CCCCC21. The zero-order valence-electron chi connectivity index (χ0n) is 11.5. The number of hydrogen-bond acceptors (Lipinski definition) is 4. The van der Waals surface area contributed by atoms with Crippen LogP contribution in [0.2, 0.25) is 0 Å². The van der Waals surface area contributed by atoms with Crippen molar-refractivity contribution < 1.29 is 14.6 Å². The van der Waals surface area contributed by atoms with Crippen molar-refractivity contribution in [3.8, 4) is 0 Å². The van der Waals surface area contributed by atoms with E-state index in [9.17, 15) is 9.90 Å². The van der Waals surface area contributed by atoms with Gasteiger partial charge in [-0.2, -0.15) is 0 Å². The summed E-state index contributed by atoms with van der Waals surface area (Å²) in [4.78, 5) is 14.4. The highest BCUT2D eigenvalue weighted by molar-refractivity contribution is 5.74. The lowest BCUT2D eigenvalue weighted by molar-refractivity contribution is -0.161. The van der Waals surface area contributed by atoms with Crippen LogP contribution in [0.25, 0.3) is 0 Å². The molecule has 2 rings (SSSR count). The van der Waals surface area contributed by atoms with E-state index in [-0.39, 0.29) is 17.9 Å². The fourth-order valence-corrected chi connectivity index (χ4v) is 3.69. The predicted molar refractivity (Wildman–Crippen MR) is 69.2 cm³/mol. The molecule has 3 atom stereocenters. The minimum absolute atomic E-state index is 0.153. The number of piperidine rings is 1. The maximum atomic E-state index is 12.0. The van der Waals surface area contributed by atoms with Gasteiger partial charge in [-0.25, -0.2) is 0 Å². The van der Waals surface area contributed by atoms with Crippen LogP contribution in [0.3, 0.4) is 0 Å². The molecule has 0 bridgehead atoms. The highest BCUT2D eigenvalue weighted by Crippen LogP contribution is 2.41. The molecule has 2 fully saturated rings. The van der Waals surface area contributed by atoms with Gasteiger partial charge in [0, 0.05) is 12.6 Å². The van der Waals surface area contributed by atoms with Crippen LogP contribution in [0.4, 0.5) is 0 Å². The molecular formula is C14H25NO3. The first-order chi connectivity index (χ1) is 8.63. The fourth-order valence-electron chi connectivity index (χ4n) is 3.69. The van der Waals surface area contributed by atoms with E-state index in [0.29, 0.717) is 19.4 Å². The van der Waals surface area contributed by atoms with Crippen LogP contribution >= 0.6 is 0 Å². The van der Waals surface area contributed by atoms with Gasteiger partial charge in [0.05, 0.1) is 18.1 Å². The van der Waals surface area contributed by atoms with Gasteiger partial charge < -0.3 is 9.84 Å². The first-order valence-corrected chi connectivity index (χ1v) is 7.26. The summed E-state index contributed by atoms with van der Waals surface area (Å²) >= 11 is 0. The fraction of sp³-hybridized carbons (Fsp3) is 0.929. The van der Waals surface area contributed by atoms with E-state index in [1.165, 1.54) is 6.42 Å². The van der Waals surface area contributed by atoms with Crippen molar-refractivity contribution in [1.29, 1.82) is 0 Å². The molecule has 0 aromatic carbocycles. The highest BCUT2D eigenvalue weighted by Gasteiger charge is 2.53. The second-order valence-electron chi connectivity index (χ2n) is 5.50. The number of nitrogens with zero attached hydrogens (tertiary/aromatic N) is 1. The molecule has 2 aliphatic heterocycles. The largest absolute Gasteiger partial charge is 0.466 e. The van der Waals surface area contributed by atoms with Gasteiger partial charge in [-0.15, -0.1) is 0 Å². The average Bonchev–Trinajstić information content (AvgIpc) is 2.70. The lowest BCUT2D eigenvalue weighted by Crippen LogP contribution is -2.53. The zero-order chi connectivity index (χ0) is 13.2. The molecule has 4 heteroatoms. The van der Waals surface area contributed by atoms with Gasteiger partial charge in [0.15, 0.2) is 0 Å². The quantitative estimate of drug-likeness (QED) is 0.775. The van der Waals surface area contributed by atoms with E-state index in [0.717, 1.165) is 25.9 Å². The predicted octanol–water partition coefficient (Wildman–Crippen LogP) is 1.56. The van der Waals surface area contributed by atoms with E-state index >= 15 is 0 Å². The Hall–Kier alpha value is -0.610. The molecule has 0 radical (unpaired) electrons. The lowest BCUT2D eigenvalue weighted by Gasteiger charge is -2.40. The van der Waals surface area contributed by atoms with Gasteiger partial charge in [0.25, 0.3) is 0 Å². The molecule has 18 heavy (non-hydrogen) atoms. The van der Waals surface area contributed by atoms with Crippen LogP contribution in [-0.2, 0) is 9.53 Å². The third-order valence-corrected chi connectivity index (χ3v) is 4.57.